The third-order valence-corrected chi connectivity index (χ3v) is 5.22. The summed E-state index contributed by atoms with van der Waals surface area (Å²) in [4.78, 5) is -0.517. The van der Waals surface area contributed by atoms with Crippen LogP contribution < -0.4 is 5.73 Å². The molecule has 0 amide bonds. The number of rotatable bonds is 4. The fraction of sp³-hybridized carbons (Fsp3) is 0.500. The number of sulfonamides is 1. The summed E-state index contributed by atoms with van der Waals surface area (Å²) >= 11 is 0. The van der Waals surface area contributed by atoms with Crippen molar-refractivity contribution in [1.82, 2.24) is 4.31 Å². The van der Waals surface area contributed by atoms with Crippen molar-refractivity contribution in [3.05, 3.63) is 23.5 Å². The Bertz CT molecular complexity index is 654. The molecule has 1 aromatic rings. The molecule has 0 saturated heterocycles. The van der Waals surface area contributed by atoms with Crippen molar-refractivity contribution in [3.8, 4) is 0 Å². The molecule has 0 atom stereocenters. The van der Waals surface area contributed by atoms with E-state index in [0.29, 0.717) is 17.1 Å². The second-order valence-corrected chi connectivity index (χ2v) is 6.88. The van der Waals surface area contributed by atoms with Gasteiger partial charge in [0, 0.05) is 17.3 Å². The molecule has 2 N–H and O–H groups in total. The molecule has 9 heteroatoms. The Morgan fingerprint density at radius 3 is 2.38 bits per heavy atom. The molecule has 118 valence electrons. The molecule has 1 aliphatic carbocycles. The second kappa shape index (κ2) is 5.13. The fourth-order valence-electron chi connectivity index (χ4n) is 2.02. The van der Waals surface area contributed by atoms with Crippen molar-refractivity contribution in [1.29, 1.82) is 0 Å². The number of anilines is 1. The average Bonchev–Trinajstić information content (AvgIpc) is 3.13. The van der Waals surface area contributed by atoms with Crippen LogP contribution in [0, 0.1) is 12.7 Å². The van der Waals surface area contributed by atoms with E-state index in [1.165, 1.54) is 6.92 Å². The fourth-order valence-corrected chi connectivity index (χ4v) is 3.96. The maximum absolute atomic E-state index is 13.6. The summed E-state index contributed by atoms with van der Waals surface area (Å²) in [5, 5.41) is 0. The summed E-state index contributed by atoms with van der Waals surface area (Å²) in [6.07, 6.45) is -3.94. The lowest BCUT2D eigenvalue weighted by molar-refractivity contribution is -0.137. The highest BCUT2D eigenvalue weighted by molar-refractivity contribution is 7.89. The highest BCUT2D eigenvalue weighted by Crippen LogP contribution is 2.36. The Morgan fingerprint density at radius 2 is 1.90 bits per heavy atom. The van der Waals surface area contributed by atoms with Gasteiger partial charge >= 0.3 is 6.18 Å². The smallest absolute Gasteiger partial charge is 0.399 e. The predicted molar refractivity (Wildman–Crippen MR) is 68.5 cm³/mol. The van der Waals surface area contributed by atoms with Gasteiger partial charge in [-0.1, -0.05) is 0 Å². The van der Waals surface area contributed by atoms with E-state index in [9.17, 15) is 26.0 Å². The van der Waals surface area contributed by atoms with Gasteiger partial charge in [-0.3, -0.25) is 0 Å². The first-order chi connectivity index (χ1) is 9.52. The number of hydrogen-bond acceptors (Lipinski definition) is 3. The molecule has 1 saturated carbocycles. The van der Waals surface area contributed by atoms with E-state index in [1.807, 2.05) is 0 Å². The topological polar surface area (TPSA) is 63.4 Å². The molecular formula is C12H14F4N2O2S. The molecule has 0 unspecified atom stereocenters. The van der Waals surface area contributed by atoms with E-state index in [1.54, 1.807) is 0 Å². The summed E-state index contributed by atoms with van der Waals surface area (Å²) in [5.41, 5.74) is 5.01. The standard InChI is InChI=1S/C12H14F4N2O2S/c1-7-10(13)4-8(17)5-11(7)21(19,20)18(9-2-3-9)6-12(14,15)16/h4-5,9H,2-3,6,17H2,1H3. The third kappa shape index (κ3) is 3.46. The van der Waals surface area contributed by atoms with Crippen LogP contribution in [0.4, 0.5) is 23.2 Å². The van der Waals surface area contributed by atoms with E-state index in [4.69, 9.17) is 5.73 Å². The summed E-state index contributed by atoms with van der Waals surface area (Å²) in [7, 11) is -4.45. The van der Waals surface area contributed by atoms with Crippen LogP contribution in [0.25, 0.3) is 0 Å². The van der Waals surface area contributed by atoms with Crippen LogP contribution in [0.2, 0.25) is 0 Å². The number of benzene rings is 1. The molecule has 1 fully saturated rings. The van der Waals surface area contributed by atoms with Crippen LogP contribution in [0.3, 0.4) is 0 Å². The van der Waals surface area contributed by atoms with Gasteiger partial charge in [0.25, 0.3) is 0 Å². The van der Waals surface area contributed by atoms with Gasteiger partial charge in [0.1, 0.15) is 12.4 Å². The van der Waals surface area contributed by atoms with Crippen molar-refractivity contribution < 1.29 is 26.0 Å². The van der Waals surface area contributed by atoms with Crippen molar-refractivity contribution in [2.24, 2.45) is 0 Å². The molecule has 0 aromatic heterocycles. The number of nitrogens with two attached hydrogens (primary N) is 1. The molecule has 1 aromatic carbocycles. The van der Waals surface area contributed by atoms with Gasteiger partial charge in [-0.2, -0.15) is 17.5 Å². The number of nitrogens with zero attached hydrogens (tertiary/aromatic N) is 1. The minimum atomic E-state index is -4.66. The molecular weight excluding hydrogens is 312 g/mol. The molecule has 0 radical (unpaired) electrons. The van der Waals surface area contributed by atoms with E-state index < -0.39 is 39.5 Å². The number of hydrogen-bond donors (Lipinski definition) is 1. The molecule has 2 rings (SSSR count). The highest BCUT2D eigenvalue weighted by atomic mass is 32.2. The van der Waals surface area contributed by atoms with Crippen molar-refractivity contribution in [3.63, 3.8) is 0 Å². The molecule has 1 aliphatic rings. The van der Waals surface area contributed by atoms with E-state index in [-0.39, 0.29) is 11.3 Å². The SMILES string of the molecule is Cc1c(F)cc(N)cc1S(=O)(=O)N(CC(F)(F)F)C1CC1. The van der Waals surface area contributed by atoms with Gasteiger partial charge in [0.05, 0.1) is 4.90 Å². The summed E-state index contributed by atoms with van der Waals surface area (Å²) < 4.78 is 76.6. The molecule has 21 heavy (non-hydrogen) atoms. The van der Waals surface area contributed by atoms with Crippen molar-refractivity contribution >= 4 is 15.7 Å². The normalized spacial score (nSPS) is 16.5. The van der Waals surface area contributed by atoms with E-state index in [2.05, 4.69) is 0 Å². The lowest BCUT2D eigenvalue weighted by Gasteiger charge is -2.24. The van der Waals surface area contributed by atoms with Crippen LogP contribution >= 0.6 is 0 Å². The molecule has 0 spiro atoms. The van der Waals surface area contributed by atoms with Crippen molar-refractivity contribution in [2.75, 3.05) is 12.3 Å². The Morgan fingerprint density at radius 1 is 1.33 bits per heavy atom. The van der Waals surface area contributed by atoms with Gasteiger partial charge in [0.2, 0.25) is 10.0 Å². The quantitative estimate of drug-likeness (QED) is 0.683. The van der Waals surface area contributed by atoms with Crippen LogP contribution in [0.5, 0.6) is 0 Å². The van der Waals surface area contributed by atoms with E-state index >= 15 is 0 Å². The Hall–Kier alpha value is -1.35. The zero-order chi connectivity index (χ0) is 16.0. The third-order valence-electron chi connectivity index (χ3n) is 3.19. The van der Waals surface area contributed by atoms with Gasteiger partial charge < -0.3 is 5.73 Å². The number of halogens is 4. The lowest BCUT2D eigenvalue weighted by Crippen LogP contribution is -2.40. The minimum absolute atomic E-state index is 0.153. The first-order valence-electron chi connectivity index (χ1n) is 6.16. The largest absolute Gasteiger partial charge is 0.402 e. The van der Waals surface area contributed by atoms with Crippen LogP contribution in [-0.2, 0) is 10.0 Å². The Balaban J connectivity index is 2.49. The molecule has 4 nitrogen and oxygen atoms in total. The first kappa shape index (κ1) is 16.0. The summed E-state index contributed by atoms with van der Waals surface area (Å²) in [6, 6.07) is 1.22. The maximum atomic E-state index is 13.6. The predicted octanol–water partition coefficient (Wildman–Crippen LogP) is 2.43. The van der Waals surface area contributed by atoms with E-state index in [0.717, 1.165) is 12.1 Å². The highest BCUT2D eigenvalue weighted by Gasteiger charge is 2.45. The molecule has 0 bridgehead atoms. The zero-order valence-corrected chi connectivity index (χ0v) is 11.9. The maximum Gasteiger partial charge on any atom is 0.402 e. The van der Waals surface area contributed by atoms with Crippen LogP contribution in [0.15, 0.2) is 17.0 Å². The van der Waals surface area contributed by atoms with Crippen LogP contribution in [0.1, 0.15) is 18.4 Å². The monoisotopic (exact) mass is 326 g/mol. The Kier molecular flexibility index (Phi) is 3.92. The van der Waals surface area contributed by atoms with Gasteiger partial charge in [0.15, 0.2) is 0 Å². The zero-order valence-electron chi connectivity index (χ0n) is 11.1. The first-order valence-corrected chi connectivity index (χ1v) is 7.60. The number of nitrogen functional groups attached to an aromatic ring is 1. The number of alkyl halides is 3. The van der Waals surface area contributed by atoms with Gasteiger partial charge in [-0.25, -0.2) is 12.8 Å². The Labute approximate surface area is 119 Å². The van der Waals surface area contributed by atoms with Gasteiger partial charge in [-0.15, -0.1) is 0 Å². The summed E-state index contributed by atoms with van der Waals surface area (Å²) in [6.45, 7) is -0.393. The molecule has 0 heterocycles. The van der Waals surface area contributed by atoms with Crippen molar-refractivity contribution in [2.45, 2.75) is 36.9 Å². The lowest BCUT2D eigenvalue weighted by atomic mass is 10.2. The molecule has 0 aliphatic heterocycles. The van der Waals surface area contributed by atoms with Gasteiger partial charge in [-0.05, 0) is 31.9 Å². The minimum Gasteiger partial charge on any atom is -0.399 e. The second-order valence-electron chi connectivity index (χ2n) is 5.02. The summed E-state index contributed by atoms with van der Waals surface area (Å²) in [5.74, 6) is -0.865. The average molecular weight is 326 g/mol. The van der Waals surface area contributed by atoms with Crippen LogP contribution in [-0.4, -0.2) is 31.5 Å².